The molecular formula is C13H14ClN3O3. The number of carbonyl (C=O) groups is 1. The maximum atomic E-state index is 11.6. The van der Waals surface area contributed by atoms with Crippen molar-refractivity contribution in [2.45, 2.75) is 0 Å². The highest BCUT2D eigenvalue weighted by molar-refractivity contribution is 6.33. The average Bonchev–Trinajstić information content (AvgIpc) is 2.42. The van der Waals surface area contributed by atoms with E-state index in [2.05, 4.69) is 15.5 Å². The average molecular weight is 296 g/mol. The van der Waals surface area contributed by atoms with E-state index in [1.54, 1.807) is 24.4 Å². The van der Waals surface area contributed by atoms with Crippen LogP contribution in [-0.2, 0) is 0 Å². The number of nitrogens with zero attached hydrogens (tertiary/aromatic N) is 2. The van der Waals surface area contributed by atoms with Gasteiger partial charge in [0, 0.05) is 23.0 Å². The number of nitrogens with one attached hydrogen (secondary N) is 1. The number of aromatic nitrogens is 1. The van der Waals surface area contributed by atoms with E-state index in [1.807, 2.05) is 18.2 Å². The highest BCUT2D eigenvalue weighted by Crippen LogP contribution is 2.12. The fourth-order valence-electron chi connectivity index (χ4n) is 1.30. The first-order chi connectivity index (χ1) is 8.77. The summed E-state index contributed by atoms with van der Waals surface area (Å²) in [6, 6.07) is 10.6. The minimum Gasteiger partial charge on any atom is -0.412 e. The van der Waals surface area contributed by atoms with E-state index in [-0.39, 0.29) is 16.9 Å². The molecule has 0 atom stereocenters. The van der Waals surface area contributed by atoms with Gasteiger partial charge in [-0.05, 0) is 18.2 Å². The van der Waals surface area contributed by atoms with E-state index in [9.17, 15) is 4.79 Å². The second-order valence-corrected chi connectivity index (χ2v) is 3.87. The SMILES string of the molecule is O.O.O=C(N/N=C/c1ccccc1Cl)c1cccnc1. The maximum absolute atomic E-state index is 11.6. The molecule has 0 aliphatic rings. The first-order valence-electron chi connectivity index (χ1n) is 5.25. The van der Waals surface area contributed by atoms with Gasteiger partial charge in [-0.3, -0.25) is 9.78 Å². The second kappa shape index (κ2) is 8.76. The summed E-state index contributed by atoms with van der Waals surface area (Å²) >= 11 is 5.94. The predicted octanol–water partition coefficient (Wildman–Crippen LogP) is 0.849. The summed E-state index contributed by atoms with van der Waals surface area (Å²) < 4.78 is 0. The van der Waals surface area contributed by atoms with Crippen LogP contribution in [-0.4, -0.2) is 28.1 Å². The molecule has 2 aromatic rings. The van der Waals surface area contributed by atoms with Crippen LogP contribution in [0.25, 0.3) is 0 Å². The lowest BCUT2D eigenvalue weighted by atomic mass is 10.2. The molecule has 1 aromatic carbocycles. The van der Waals surface area contributed by atoms with E-state index in [0.29, 0.717) is 10.6 Å². The van der Waals surface area contributed by atoms with Crippen LogP contribution in [0, 0.1) is 0 Å². The zero-order valence-electron chi connectivity index (χ0n) is 10.4. The lowest BCUT2D eigenvalue weighted by Crippen LogP contribution is -2.17. The highest BCUT2D eigenvalue weighted by Gasteiger charge is 2.02. The molecule has 1 aromatic heterocycles. The number of amides is 1. The molecule has 0 aliphatic heterocycles. The van der Waals surface area contributed by atoms with Crippen LogP contribution in [0.1, 0.15) is 15.9 Å². The van der Waals surface area contributed by atoms with Crippen molar-refractivity contribution in [1.29, 1.82) is 0 Å². The molecule has 0 fully saturated rings. The zero-order chi connectivity index (χ0) is 12.8. The van der Waals surface area contributed by atoms with Crippen LogP contribution < -0.4 is 5.43 Å². The Morgan fingerprint density at radius 3 is 2.60 bits per heavy atom. The molecule has 6 nitrogen and oxygen atoms in total. The van der Waals surface area contributed by atoms with Crippen molar-refractivity contribution < 1.29 is 15.7 Å². The molecule has 0 unspecified atom stereocenters. The molecule has 7 heteroatoms. The molecule has 1 heterocycles. The molecule has 1 amide bonds. The highest BCUT2D eigenvalue weighted by atomic mass is 35.5. The fourth-order valence-corrected chi connectivity index (χ4v) is 1.49. The van der Waals surface area contributed by atoms with E-state index in [0.717, 1.165) is 5.56 Å². The van der Waals surface area contributed by atoms with Gasteiger partial charge < -0.3 is 11.0 Å². The summed E-state index contributed by atoms with van der Waals surface area (Å²) in [5.74, 6) is -0.314. The van der Waals surface area contributed by atoms with Crippen molar-refractivity contribution in [3.8, 4) is 0 Å². The lowest BCUT2D eigenvalue weighted by Gasteiger charge is -1.99. The normalized spacial score (nSPS) is 9.45. The predicted molar refractivity (Wildman–Crippen MR) is 78.0 cm³/mol. The van der Waals surface area contributed by atoms with Gasteiger partial charge in [-0.2, -0.15) is 5.10 Å². The summed E-state index contributed by atoms with van der Waals surface area (Å²) in [5.41, 5.74) is 3.60. The van der Waals surface area contributed by atoms with Crippen LogP contribution >= 0.6 is 11.6 Å². The Hall–Kier alpha value is -2.28. The number of pyridine rings is 1. The minimum atomic E-state index is -0.314. The molecular weight excluding hydrogens is 282 g/mol. The van der Waals surface area contributed by atoms with Gasteiger partial charge in [-0.15, -0.1) is 0 Å². The topological polar surface area (TPSA) is 117 Å². The summed E-state index contributed by atoms with van der Waals surface area (Å²) in [5, 5.41) is 4.42. The molecule has 20 heavy (non-hydrogen) atoms. The number of carbonyl (C=O) groups excluding carboxylic acids is 1. The molecule has 0 spiro atoms. The Bertz CT molecular complexity index is 576. The quantitative estimate of drug-likeness (QED) is 0.667. The van der Waals surface area contributed by atoms with E-state index in [4.69, 9.17) is 11.6 Å². The number of halogens is 1. The third kappa shape index (κ3) is 4.77. The van der Waals surface area contributed by atoms with Gasteiger partial charge in [0.1, 0.15) is 0 Å². The van der Waals surface area contributed by atoms with Crippen LogP contribution in [0.3, 0.4) is 0 Å². The van der Waals surface area contributed by atoms with Gasteiger partial charge >= 0.3 is 0 Å². The molecule has 0 aliphatic carbocycles. The molecule has 0 radical (unpaired) electrons. The van der Waals surface area contributed by atoms with Crippen molar-refractivity contribution >= 4 is 23.7 Å². The van der Waals surface area contributed by atoms with E-state index < -0.39 is 0 Å². The van der Waals surface area contributed by atoms with Crippen LogP contribution in [0.4, 0.5) is 0 Å². The van der Waals surface area contributed by atoms with Gasteiger partial charge in [-0.1, -0.05) is 29.8 Å². The third-order valence-electron chi connectivity index (χ3n) is 2.20. The number of hydrogen-bond acceptors (Lipinski definition) is 3. The number of benzene rings is 1. The smallest absolute Gasteiger partial charge is 0.272 e. The largest absolute Gasteiger partial charge is 0.412 e. The zero-order valence-corrected chi connectivity index (χ0v) is 11.1. The van der Waals surface area contributed by atoms with Crippen LogP contribution in [0.2, 0.25) is 5.02 Å². The fraction of sp³-hybridized carbons (Fsp3) is 0. The molecule has 0 saturated heterocycles. The van der Waals surface area contributed by atoms with E-state index >= 15 is 0 Å². The second-order valence-electron chi connectivity index (χ2n) is 3.46. The standard InChI is InChI=1S/C13H10ClN3O.2H2O/c14-12-6-2-1-4-10(12)9-16-17-13(18)11-5-3-7-15-8-11;;/h1-9H,(H,17,18);2*1H2/b16-9+;;. The van der Waals surface area contributed by atoms with Crippen molar-refractivity contribution in [3.05, 3.63) is 64.9 Å². The monoisotopic (exact) mass is 295 g/mol. The van der Waals surface area contributed by atoms with Crippen molar-refractivity contribution in [1.82, 2.24) is 10.4 Å². The minimum absolute atomic E-state index is 0. The Balaban J connectivity index is 0.00000180. The molecule has 5 N–H and O–H groups in total. The summed E-state index contributed by atoms with van der Waals surface area (Å²) in [4.78, 5) is 15.5. The Kier molecular flexibility index (Phi) is 7.76. The van der Waals surface area contributed by atoms with Gasteiger partial charge in [0.25, 0.3) is 5.91 Å². The van der Waals surface area contributed by atoms with Gasteiger partial charge in [-0.25, -0.2) is 5.43 Å². The Morgan fingerprint density at radius 1 is 1.20 bits per heavy atom. The molecule has 0 saturated carbocycles. The molecule has 0 bridgehead atoms. The number of rotatable bonds is 3. The Morgan fingerprint density at radius 2 is 1.95 bits per heavy atom. The molecule has 106 valence electrons. The third-order valence-corrected chi connectivity index (χ3v) is 2.54. The van der Waals surface area contributed by atoms with Crippen molar-refractivity contribution in [3.63, 3.8) is 0 Å². The van der Waals surface area contributed by atoms with Gasteiger partial charge in [0.2, 0.25) is 0 Å². The van der Waals surface area contributed by atoms with Crippen LogP contribution in [0.15, 0.2) is 53.9 Å². The lowest BCUT2D eigenvalue weighted by molar-refractivity contribution is 0.0955. The Labute approximate surface area is 120 Å². The first kappa shape index (κ1) is 17.7. The molecule has 2 rings (SSSR count). The van der Waals surface area contributed by atoms with Crippen molar-refractivity contribution in [2.24, 2.45) is 5.10 Å². The number of hydrogen-bond donors (Lipinski definition) is 1. The summed E-state index contributed by atoms with van der Waals surface area (Å²) in [6.45, 7) is 0. The summed E-state index contributed by atoms with van der Waals surface area (Å²) in [6.07, 6.45) is 4.57. The van der Waals surface area contributed by atoms with Crippen molar-refractivity contribution in [2.75, 3.05) is 0 Å². The maximum Gasteiger partial charge on any atom is 0.272 e. The summed E-state index contributed by atoms with van der Waals surface area (Å²) in [7, 11) is 0. The van der Waals surface area contributed by atoms with Gasteiger partial charge in [0.15, 0.2) is 0 Å². The van der Waals surface area contributed by atoms with Gasteiger partial charge in [0.05, 0.1) is 11.8 Å². The first-order valence-corrected chi connectivity index (χ1v) is 5.63. The van der Waals surface area contributed by atoms with Crippen LogP contribution in [0.5, 0.6) is 0 Å². The van der Waals surface area contributed by atoms with E-state index in [1.165, 1.54) is 12.4 Å². The number of hydrazone groups is 1.